The second kappa shape index (κ2) is 5.72. The first-order chi connectivity index (χ1) is 5.06. The van der Waals surface area contributed by atoms with Gasteiger partial charge < -0.3 is 0 Å². The highest BCUT2D eigenvalue weighted by Crippen LogP contribution is 2.16. The number of nitrogens with one attached hydrogen (secondary N) is 1. The van der Waals surface area contributed by atoms with Crippen LogP contribution in [-0.4, -0.2) is 6.54 Å². The molecule has 0 atom stereocenters. The molecule has 5 N–H and O–H groups in total. The van der Waals surface area contributed by atoms with Gasteiger partial charge in [-0.05, 0) is 6.42 Å². The Morgan fingerprint density at radius 3 is 2.36 bits per heavy atom. The van der Waals surface area contributed by atoms with Crippen molar-refractivity contribution in [1.29, 1.82) is 0 Å². The lowest BCUT2D eigenvalue weighted by Crippen LogP contribution is -2.22. The summed E-state index contributed by atoms with van der Waals surface area (Å²) in [4.78, 5) is 0. The summed E-state index contributed by atoms with van der Waals surface area (Å²) in [5, 5.41) is 2.59. The van der Waals surface area contributed by atoms with Gasteiger partial charge in [0.15, 0.2) is 0 Å². The molecule has 0 aliphatic heterocycles. The minimum atomic E-state index is -2.96. The van der Waals surface area contributed by atoms with E-state index in [0.29, 0.717) is 6.54 Å². The molecule has 4 nitrogen and oxygen atoms in total. The molecule has 68 valence electrons. The maximum absolute atomic E-state index is 10.7. The van der Waals surface area contributed by atoms with Gasteiger partial charge >= 0.3 is 0 Å². The number of nitrogens with two attached hydrogens (primary N) is 2. The van der Waals surface area contributed by atoms with Crippen LogP contribution in [-0.2, 0) is 4.57 Å². The third kappa shape index (κ3) is 10.1. The van der Waals surface area contributed by atoms with Gasteiger partial charge in [0.25, 0.3) is 7.59 Å². The molecule has 11 heavy (non-hydrogen) atoms. The Kier molecular flexibility index (Phi) is 5.78. The Bertz CT molecular complexity index is 134. The summed E-state index contributed by atoms with van der Waals surface area (Å²) < 4.78 is 10.7. The lowest BCUT2D eigenvalue weighted by Gasteiger charge is -2.07. The van der Waals surface area contributed by atoms with Crippen molar-refractivity contribution in [2.24, 2.45) is 11.0 Å². The molecule has 0 saturated carbocycles. The van der Waals surface area contributed by atoms with Crippen molar-refractivity contribution in [2.45, 2.75) is 32.6 Å². The van der Waals surface area contributed by atoms with Crippen LogP contribution in [0.5, 0.6) is 0 Å². The molecule has 0 fully saturated rings. The quantitative estimate of drug-likeness (QED) is 0.422. The van der Waals surface area contributed by atoms with Crippen LogP contribution in [0, 0.1) is 0 Å². The Morgan fingerprint density at radius 2 is 1.91 bits per heavy atom. The van der Waals surface area contributed by atoms with Gasteiger partial charge in [0, 0.05) is 6.54 Å². The van der Waals surface area contributed by atoms with E-state index < -0.39 is 7.59 Å². The van der Waals surface area contributed by atoms with Crippen LogP contribution in [0.2, 0.25) is 0 Å². The summed E-state index contributed by atoms with van der Waals surface area (Å²) in [6.45, 7) is 2.80. The summed E-state index contributed by atoms with van der Waals surface area (Å²) in [7, 11) is -2.96. The fraction of sp³-hybridized carbons (Fsp3) is 1.00. The van der Waals surface area contributed by atoms with Gasteiger partial charge in [-0.1, -0.05) is 26.2 Å². The molecule has 0 heterocycles. The molecule has 0 aliphatic carbocycles. The SMILES string of the molecule is CCCCCCNP(N)(N)=O. The number of rotatable bonds is 6. The van der Waals surface area contributed by atoms with Crippen LogP contribution >= 0.6 is 7.59 Å². The van der Waals surface area contributed by atoms with Crippen LogP contribution < -0.4 is 16.1 Å². The highest BCUT2D eigenvalue weighted by atomic mass is 31.2. The maximum atomic E-state index is 10.7. The van der Waals surface area contributed by atoms with Crippen molar-refractivity contribution in [3.8, 4) is 0 Å². The van der Waals surface area contributed by atoms with Crippen LogP contribution in [0.4, 0.5) is 0 Å². The zero-order chi connectivity index (χ0) is 8.74. The van der Waals surface area contributed by atoms with E-state index in [-0.39, 0.29) is 0 Å². The largest absolute Gasteiger partial charge is 0.273 e. The fourth-order valence-electron chi connectivity index (χ4n) is 0.806. The van der Waals surface area contributed by atoms with Crippen molar-refractivity contribution in [1.82, 2.24) is 5.09 Å². The second-order valence-corrected chi connectivity index (χ2v) is 4.41. The van der Waals surface area contributed by atoms with Crippen LogP contribution in [0.3, 0.4) is 0 Å². The summed E-state index contributed by atoms with van der Waals surface area (Å²) in [6.07, 6.45) is 4.54. The van der Waals surface area contributed by atoms with E-state index in [1.165, 1.54) is 12.8 Å². The molecule has 0 aromatic rings. The Balaban J connectivity index is 3.09. The van der Waals surface area contributed by atoms with Crippen molar-refractivity contribution >= 4 is 7.59 Å². The highest BCUT2D eigenvalue weighted by Gasteiger charge is 2.04. The van der Waals surface area contributed by atoms with Crippen molar-refractivity contribution < 1.29 is 4.57 Å². The van der Waals surface area contributed by atoms with Gasteiger partial charge in [-0.2, -0.15) is 0 Å². The molecule has 0 aromatic heterocycles. The normalized spacial score (nSPS) is 11.9. The Hall–Kier alpha value is 0.110. The predicted octanol–water partition coefficient (Wildman–Crippen LogP) is 1.18. The summed E-state index contributed by atoms with van der Waals surface area (Å²) in [5.74, 6) is 0. The highest BCUT2D eigenvalue weighted by molar-refractivity contribution is 7.56. The first-order valence-corrected chi connectivity index (χ1v) is 5.83. The molecule has 0 unspecified atom stereocenters. The minimum absolute atomic E-state index is 0.657. The van der Waals surface area contributed by atoms with E-state index >= 15 is 0 Å². The first-order valence-electron chi connectivity index (χ1n) is 3.98. The van der Waals surface area contributed by atoms with Crippen LogP contribution in [0.25, 0.3) is 0 Å². The average molecular weight is 179 g/mol. The smallest absolute Gasteiger partial charge is 0.271 e. The lowest BCUT2D eigenvalue weighted by atomic mass is 10.2. The van der Waals surface area contributed by atoms with Gasteiger partial charge in [-0.15, -0.1) is 0 Å². The third-order valence-corrected chi connectivity index (χ3v) is 2.11. The molecular formula is C6H18N3OP. The molecule has 0 saturated heterocycles. The van der Waals surface area contributed by atoms with E-state index in [2.05, 4.69) is 12.0 Å². The summed E-state index contributed by atoms with van der Waals surface area (Å²) >= 11 is 0. The van der Waals surface area contributed by atoms with Crippen LogP contribution in [0.1, 0.15) is 32.6 Å². The van der Waals surface area contributed by atoms with Gasteiger partial charge in [0.2, 0.25) is 0 Å². The Morgan fingerprint density at radius 1 is 1.27 bits per heavy atom. The molecule has 5 heteroatoms. The zero-order valence-corrected chi connectivity index (χ0v) is 7.94. The van der Waals surface area contributed by atoms with E-state index in [0.717, 1.165) is 12.8 Å². The van der Waals surface area contributed by atoms with E-state index in [1.54, 1.807) is 0 Å². The van der Waals surface area contributed by atoms with Crippen molar-refractivity contribution in [3.63, 3.8) is 0 Å². The summed E-state index contributed by atoms with van der Waals surface area (Å²) in [5.41, 5.74) is 10.1. The fourth-order valence-corrected chi connectivity index (χ4v) is 1.31. The van der Waals surface area contributed by atoms with Crippen molar-refractivity contribution in [3.05, 3.63) is 0 Å². The van der Waals surface area contributed by atoms with Gasteiger partial charge in [-0.25, -0.2) is 5.09 Å². The topological polar surface area (TPSA) is 81.1 Å². The van der Waals surface area contributed by atoms with Crippen LogP contribution in [0.15, 0.2) is 0 Å². The van der Waals surface area contributed by atoms with E-state index in [4.69, 9.17) is 11.0 Å². The first kappa shape index (κ1) is 11.1. The van der Waals surface area contributed by atoms with Crippen molar-refractivity contribution in [2.75, 3.05) is 6.54 Å². The molecular weight excluding hydrogens is 161 g/mol. The van der Waals surface area contributed by atoms with Gasteiger partial charge in [0.1, 0.15) is 0 Å². The number of hydrogen-bond donors (Lipinski definition) is 3. The molecule has 0 rings (SSSR count). The third-order valence-electron chi connectivity index (χ3n) is 1.39. The molecule has 0 amide bonds. The molecule has 0 aromatic carbocycles. The second-order valence-electron chi connectivity index (χ2n) is 2.68. The molecule has 0 aliphatic rings. The lowest BCUT2D eigenvalue weighted by molar-refractivity contribution is 0.561. The summed E-state index contributed by atoms with van der Waals surface area (Å²) in [6, 6.07) is 0. The molecule has 0 bridgehead atoms. The van der Waals surface area contributed by atoms with E-state index in [1.807, 2.05) is 0 Å². The monoisotopic (exact) mass is 179 g/mol. The minimum Gasteiger partial charge on any atom is -0.271 e. The zero-order valence-electron chi connectivity index (χ0n) is 7.05. The Labute approximate surface area is 68.3 Å². The van der Waals surface area contributed by atoms with Gasteiger partial charge in [0.05, 0.1) is 0 Å². The number of unbranched alkanes of at least 4 members (excludes halogenated alkanes) is 3. The van der Waals surface area contributed by atoms with E-state index in [9.17, 15) is 4.57 Å². The average Bonchev–Trinajstić information content (AvgIpc) is 1.85. The standard InChI is InChI=1S/C6H18N3OP/c1-2-3-4-5-6-9-11(7,8)10/h2-6H2,1H3,(H5,7,8,9,10). The maximum Gasteiger partial charge on any atom is 0.273 e. The predicted molar refractivity (Wildman–Crippen MR) is 48.1 cm³/mol. The number of hydrogen-bond acceptors (Lipinski definition) is 1. The molecule has 0 spiro atoms. The molecule has 0 radical (unpaired) electrons. The van der Waals surface area contributed by atoms with Gasteiger partial charge in [-0.3, -0.25) is 15.6 Å².